The number of carbonyl (C=O) groups is 1. The summed E-state index contributed by atoms with van der Waals surface area (Å²) in [4.78, 5) is 19.5. The number of rotatable bonds is 3. The number of thiophene rings is 1. The van der Waals surface area contributed by atoms with Gasteiger partial charge >= 0.3 is 0 Å². The van der Waals surface area contributed by atoms with E-state index in [2.05, 4.69) is 23.1 Å². The molecule has 2 aromatic heterocycles. The molecule has 6 heteroatoms. The van der Waals surface area contributed by atoms with Crippen LogP contribution in [0.15, 0.2) is 24.1 Å². The van der Waals surface area contributed by atoms with Crippen LogP contribution < -0.4 is 0 Å². The molecular weight excluding hydrogens is 272 g/mol. The number of aromatic nitrogens is 3. The van der Waals surface area contributed by atoms with E-state index < -0.39 is 0 Å². The van der Waals surface area contributed by atoms with Crippen LogP contribution in [0.3, 0.4) is 0 Å². The molecule has 0 unspecified atom stereocenters. The van der Waals surface area contributed by atoms with Gasteiger partial charge in [-0.2, -0.15) is 5.10 Å². The molecule has 0 radical (unpaired) electrons. The predicted molar refractivity (Wildman–Crippen MR) is 77.9 cm³/mol. The topological polar surface area (TPSA) is 51.0 Å². The Morgan fingerprint density at radius 1 is 1.55 bits per heavy atom. The molecule has 3 heterocycles. The van der Waals surface area contributed by atoms with Gasteiger partial charge in [0.25, 0.3) is 5.91 Å². The van der Waals surface area contributed by atoms with Gasteiger partial charge in [-0.3, -0.25) is 4.79 Å². The van der Waals surface area contributed by atoms with Crippen LogP contribution in [-0.2, 0) is 6.42 Å². The van der Waals surface area contributed by atoms with E-state index in [4.69, 9.17) is 0 Å². The van der Waals surface area contributed by atoms with Crippen LogP contribution in [0.2, 0.25) is 0 Å². The number of piperidine rings is 1. The number of amides is 1. The lowest BCUT2D eigenvalue weighted by Gasteiger charge is -2.32. The summed E-state index contributed by atoms with van der Waals surface area (Å²) in [7, 11) is 0. The number of likely N-dealkylation sites (tertiary alicyclic amines) is 1. The van der Waals surface area contributed by atoms with Gasteiger partial charge in [0.2, 0.25) is 0 Å². The second kappa shape index (κ2) is 5.75. The molecule has 0 saturated carbocycles. The van der Waals surface area contributed by atoms with Crippen molar-refractivity contribution in [3.63, 3.8) is 0 Å². The van der Waals surface area contributed by atoms with Gasteiger partial charge in [-0.1, -0.05) is 6.92 Å². The summed E-state index contributed by atoms with van der Waals surface area (Å²) in [6.45, 7) is 3.65. The van der Waals surface area contributed by atoms with Crippen molar-refractivity contribution in [2.45, 2.75) is 32.2 Å². The highest BCUT2D eigenvalue weighted by molar-refractivity contribution is 7.12. The predicted octanol–water partition coefficient (Wildman–Crippen LogP) is 2.38. The van der Waals surface area contributed by atoms with Crippen molar-refractivity contribution in [2.24, 2.45) is 0 Å². The first kappa shape index (κ1) is 13.3. The monoisotopic (exact) mass is 290 g/mol. The average Bonchev–Trinajstić information content (AvgIpc) is 3.17. The van der Waals surface area contributed by atoms with Crippen LogP contribution in [0, 0.1) is 0 Å². The molecule has 1 aliphatic heterocycles. The standard InChI is InChI=1S/C14H18N4OS/c1-2-11-5-7-20-13(11)14(19)17-6-3-4-12(8-17)18-10-15-9-16-18/h5,7,9-10,12H,2-4,6,8H2,1H3/t12-/m1/s1. The van der Waals surface area contributed by atoms with Crippen molar-refractivity contribution in [3.05, 3.63) is 34.5 Å². The van der Waals surface area contributed by atoms with Crippen LogP contribution in [0.1, 0.15) is 41.0 Å². The highest BCUT2D eigenvalue weighted by Gasteiger charge is 2.27. The molecule has 20 heavy (non-hydrogen) atoms. The molecule has 0 aromatic carbocycles. The molecule has 0 aliphatic carbocycles. The van der Waals surface area contributed by atoms with E-state index in [0.29, 0.717) is 0 Å². The molecule has 0 spiro atoms. The zero-order valence-corrected chi connectivity index (χ0v) is 12.3. The van der Waals surface area contributed by atoms with Crippen molar-refractivity contribution < 1.29 is 4.79 Å². The third-order valence-electron chi connectivity index (χ3n) is 3.82. The smallest absolute Gasteiger partial charge is 0.264 e. The van der Waals surface area contributed by atoms with Crippen molar-refractivity contribution in [2.75, 3.05) is 13.1 Å². The fraction of sp³-hybridized carbons (Fsp3) is 0.500. The van der Waals surface area contributed by atoms with Crippen molar-refractivity contribution >= 4 is 17.2 Å². The molecule has 2 aromatic rings. The first-order chi connectivity index (χ1) is 9.79. The molecule has 106 valence electrons. The molecule has 0 N–H and O–H groups in total. The molecule has 1 atom stereocenters. The van der Waals surface area contributed by atoms with Gasteiger partial charge in [0, 0.05) is 13.1 Å². The number of nitrogens with zero attached hydrogens (tertiary/aromatic N) is 4. The molecule has 5 nitrogen and oxygen atoms in total. The van der Waals surface area contributed by atoms with Crippen molar-refractivity contribution in [1.29, 1.82) is 0 Å². The second-order valence-corrected chi connectivity index (χ2v) is 5.97. The summed E-state index contributed by atoms with van der Waals surface area (Å²) in [5.74, 6) is 0.168. The molecule has 3 rings (SSSR count). The van der Waals surface area contributed by atoms with Crippen molar-refractivity contribution in [3.8, 4) is 0 Å². The van der Waals surface area contributed by atoms with Crippen LogP contribution in [0.4, 0.5) is 0 Å². The Balaban J connectivity index is 1.75. The van der Waals surface area contributed by atoms with E-state index >= 15 is 0 Å². The van der Waals surface area contributed by atoms with E-state index in [9.17, 15) is 4.79 Å². The normalized spacial score (nSPS) is 19.2. The van der Waals surface area contributed by atoms with Crippen molar-refractivity contribution in [1.82, 2.24) is 19.7 Å². The first-order valence-electron chi connectivity index (χ1n) is 6.99. The van der Waals surface area contributed by atoms with E-state index in [1.54, 1.807) is 24.0 Å². The van der Waals surface area contributed by atoms with Gasteiger partial charge in [-0.25, -0.2) is 9.67 Å². The highest BCUT2D eigenvalue weighted by Crippen LogP contribution is 2.25. The molecule has 0 bridgehead atoms. The van der Waals surface area contributed by atoms with Crippen LogP contribution in [-0.4, -0.2) is 38.7 Å². The van der Waals surface area contributed by atoms with Gasteiger partial charge < -0.3 is 4.90 Å². The minimum atomic E-state index is 0.168. The number of aryl methyl sites for hydroxylation is 1. The van der Waals surface area contributed by atoms with E-state index in [1.807, 2.05) is 15.0 Å². The van der Waals surface area contributed by atoms with Gasteiger partial charge in [-0.15, -0.1) is 11.3 Å². The summed E-state index contributed by atoms with van der Waals surface area (Å²) < 4.78 is 1.87. The molecule has 1 aliphatic rings. The van der Waals surface area contributed by atoms with Crippen LogP contribution in [0.25, 0.3) is 0 Å². The van der Waals surface area contributed by atoms with E-state index in [0.717, 1.165) is 42.8 Å². The molecule has 1 saturated heterocycles. The summed E-state index contributed by atoms with van der Waals surface area (Å²) in [6, 6.07) is 2.30. The fourth-order valence-electron chi connectivity index (χ4n) is 2.71. The lowest BCUT2D eigenvalue weighted by Crippen LogP contribution is -2.40. The fourth-order valence-corrected chi connectivity index (χ4v) is 3.67. The van der Waals surface area contributed by atoms with Gasteiger partial charge in [-0.05, 0) is 36.3 Å². The van der Waals surface area contributed by atoms with E-state index in [-0.39, 0.29) is 11.9 Å². The summed E-state index contributed by atoms with van der Waals surface area (Å²) in [6.07, 6.45) is 6.27. The Morgan fingerprint density at radius 2 is 2.45 bits per heavy atom. The molecular formula is C14H18N4OS. The zero-order valence-electron chi connectivity index (χ0n) is 11.5. The second-order valence-electron chi connectivity index (χ2n) is 5.05. The Hall–Kier alpha value is -1.69. The van der Waals surface area contributed by atoms with Crippen LogP contribution in [0.5, 0.6) is 0 Å². The average molecular weight is 290 g/mol. The lowest BCUT2D eigenvalue weighted by molar-refractivity contribution is 0.0676. The molecule has 1 amide bonds. The third kappa shape index (κ3) is 2.47. The number of hydrogen-bond donors (Lipinski definition) is 0. The third-order valence-corrected chi connectivity index (χ3v) is 4.76. The van der Waals surface area contributed by atoms with Gasteiger partial charge in [0.1, 0.15) is 12.7 Å². The maximum Gasteiger partial charge on any atom is 0.264 e. The maximum absolute atomic E-state index is 12.6. The summed E-state index contributed by atoms with van der Waals surface area (Å²) in [5.41, 5.74) is 1.16. The SMILES string of the molecule is CCc1ccsc1C(=O)N1CCC[C@@H](n2cncn2)C1. The Labute approximate surface area is 122 Å². The Bertz CT molecular complexity index is 578. The minimum absolute atomic E-state index is 0.168. The number of carbonyl (C=O) groups excluding carboxylic acids is 1. The van der Waals surface area contributed by atoms with Gasteiger partial charge in [0.15, 0.2) is 0 Å². The highest BCUT2D eigenvalue weighted by atomic mass is 32.1. The molecule has 1 fully saturated rings. The minimum Gasteiger partial charge on any atom is -0.336 e. The van der Waals surface area contributed by atoms with Crippen LogP contribution >= 0.6 is 11.3 Å². The largest absolute Gasteiger partial charge is 0.336 e. The number of hydrogen-bond acceptors (Lipinski definition) is 4. The Morgan fingerprint density at radius 3 is 3.20 bits per heavy atom. The van der Waals surface area contributed by atoms with E-state index in [1.165, 1.54) is 0 Å². The van der Waals surface area contributed by atoms with Gasteiger partial charge in [0.05, 0.1) is 10.9 Å². The summed E-state index contributed by atoms with van der Waals surface area (Å²) >= 11 is 1.55. The summed E-state index contributed by atoms with van der Waals surface area (Å²) in [5, 5.41) is 6.21. The zero-order chi connectivity index (χ0) is 13.9. The quantitative estimate of drug-likeness (QED) is 0.872. The lowest BCUT2D eigenvalue weighted by atomic mass is 10.1. The maximum atomic E-state index is 12.6. The Kier molecular flexibility index (Phi) is 3.82. The first-order valence-corrected chi connectivity index (χ1v) is 7.87.